The Kier molecular flexibility index (Phi) is 5.19. The first-order valence-electron chi connectivity index (χ1n) is 10.9. The zero-order chi connectivity index (χ0) is 19.6. The van der Waals surface area contributed by atoms with Crippen LogP contribution in [0.5, 0.6) is 0 Å². The number of nitrogens with zero attached hydrogens (tertiary/aromatic N) is 3. The van der Waals surface area contributed by atoms with E-state index < -0.39 is 0 Å². The lowest BCUT2D eigenvalue weighted by Gasteiger charge is -2.33. The molecule has 3 heterocycles. The van der Waals surface area contributed by atoms with Gasteiger partial charge in [-0.3, -0.25) is 4.79 Å². The molecule has 2 fully saturated rings. The zero-order valence-corrected chi connectivity index (χ0v) is 16.8. The highest BCUT2D eigenvalue weighted by molar-refractivity contribution is 5.79. The average Bonchev–Trinajstić information content (AvgIpc) is 3.45. The van der Waals surface area contributed by atoms with Crippen molar-refractivity contribution in [1.82, 2.24) is 15.3 Å². The molecule has 6 heteroatoms. The van der Waals surface area contributed by atoms with Gasteiger partial charge in [0.15, 0.2) is 5.82 Å². The van der Waals surface area contributed by atoms with Crippen LogP contribution >= 0.6 is 0 Å². The maximum atomic E-state index is 12.6. The highest BCUT2D eigenvalue weighted by Crippen LogP contribution is 2.33. The van der Waals surface area contributed by atoms with Crippen LogP contribution in [-0.2, 0) is 22.4 Å². The summed E-state index contributed by atoms with van der Waals surface area (Å²) in [5, 5.41) is 3.17. The third kappa shape index (κ3) is 3.86. The number of rotatable bonds is 4. The van der Waals surface area contributed by atoms with E-state index in [4.69, 9.17) is 14.7 Å². The minimum atomic E-state index is 0.0929. The Hall–Kier alpha value is -2.47. The van der Waals surface area contributed by atoms with Crippen LogP contribution < -0.4 is 10.2 Å². The van der Waals surface area contributed by atoms with E-state index in [2.05, 4.69) is 22.3 Å². The van der Waals surface area contributed by atoms with Crippen LogP contribution in [0.25, 0.3) is 11.4 Å². The summed E-state index contributed by atoms with van der Waals surface area (Å²) in [5.74, 6) is 2.20. The van der Waals surface area contributed by atoms with Crippen LogP contribution in [0.4, 0.5) is 5.82 Å². The van der Waals surface area contributed by atoms with Crippen molar-refractivity contribution in [2.45, 2.75) is 44.6 Å². The molecule has 152 valence electrons. The predicted octanol–water partition coefficient (Wildman–Crippen LogP) is 2.75. The van der Waals surface area contributed by atoms with Crippen molar-refractivity contribution >= 4 is 11.7 Å². The van der Waals surface area contributed by atoms with E-state index in [9.17, 15) is 4.79 Å². The first-order valence-corrected chi connectivity index (χ1v) is 10.9. The number of fused-ring (bicyclic) bond motifs is 1. The Morgan fingerprint density at radius 2 is 1.90 bits per heavy atom. The minimum Gasteiger partial charge on any atom is -0.379 e. The summed E-state index contributed by atoms with van der Waals surface area (Å²) in [5.41, 5.74) is 3.59. The number of hydrogen-bond donors (Lipinski definition) is 1. The lowest BCUT2D eigenvalue weighted by Crippen LogP contribution is -2.44. The van der Waals surface area contributed by atoms with Crippen molar-refractivity contribution in [2.75, 3.05) is 31.2 Å². The van der Waals surface area contributed by atoms with Gasteiger partial charge in [0.1, 0.15) is 5.82 Å². The summed E-state index contributed by atoms with van der Waals surface area (Å²) < 4.78 is 5.37. The number of amides is 1. The molecular formula is C23H28N4O2. The zero-order valence-electron chi connectivity index (χ0n) is 16.8. The Labute approximate surface area is 171 Å². The quantitative estimate of drug-likeness (QED) is 0.867. The summed E-state index contributed by atoms with van der Waals surface area (Å²) in [6, 6.07) is 10.4. The van der Waals surface area contributed by atoms with Crippen LogP contribution in [0.2, 0.25) is 0 Å². The number of ether oxygens (including phenoxy) is 1. The van der Waals surface area contributed by atoms with Gasteiger partial charge in [-0.25, -0.2) is 9.97 Å². The lowest BCUT2D eigenvalue weighted by atomic mass is 9.95. The van der Waals surface area contributed by atoms with E-state index in [1.807, 2.05) is 18.2 Å². The predicted molar refractivity (Wildman–Crippen MR) is 112 cm³/mol. The lowest BCUT2D eigenvalue weighted by molar-refractivity contribution is -0.126. The number of aromatic nitrogens is 2. The molecule has 0 spiro atoms. The molecule has 0 bridgehead atoms. The van der Waals surface area contributed by atoms with Gasteiger partial charge in [0, 0.05) is 42.4 Å². The van der Waals surface area contributed by atoms with E-state index in [-0.39, 0.29) is 17.9 Å². The van der Waals surface area contributed by atoms with Crippen LogP contribution in [0.1, 0.15) is 36.9 Å². The summed E-state index contributed by atoms with van der Waals surface area (Å²) >= 11 is 0. The molecule has 1 aliphatic carbocycles. The monoisotopic (exact) mass is 392 g/mol. The fraction of sp³-hybridized carbons (Fsp3) is 0.522. The van der Waals surface area contributed by atoms with Crippen LogP contribution in [0.15, 0.2) is 30.3 Å². The second kappa shape index (κ2) is 8.11. The molecule has 0 saturated carbocycles. The highest BCUT2D eigenvalue weighted by Gasteiger charge is 2.30. The number of benzene rings is 1. The molecule has 1 aromatic heterocycles. The van der Waals surface area contributed by atoms with Gasteiger partial charge in [-0.15, -0.1) is 0 Å². The van der Waals surface area contributed by atoms with Gasteiger partial charge >= 0.3 is 0 Å². The first kappa shape index (κ1) is 18.6. The van der Waals surface area contributed by atoms with E-state index in [0.29, 0.717) is 6.61 Å². The Morgan fingerprint density at radius 3 is 2.66 bits per heavy atom. The van der Waals surface area contributed by atoms with Gasteiger partial charge < -0.3 is 15.0 Å². The number of anilines is 1. The molecular weight excluding hydrogens is 364 g/mol. The largest absolute Gasteiger partial charge is 0.379 e. The van der Waals surface area contributed by atoms with Crippen molar-refractivity contribution in [3.63, 3.8) is 0 Å². The fourth-order valence-electron chi connectivity index (χ4n) is 4.71. The van der Waals surface area contributed by atoms with Gasteiger partial charge in [-0.1, -0.05) is 30.3 Å². The molecule has 2 aromatic rings. The number of carbonyl (C=O) groups is 1. The average molecular weight is 393 g/mol. The van der Waals surface area contributed by atoms with Crippen LogP contribution in [0.3, 0.4) is 0 Å². The maximum absolute atomic E-state index is 12.6. The van der Waals surface area contributed by atoms with Crippen molar-refractivity contribution < 1.29 is 9.53 Å². The van der Waals surface area contributed by atoms with Crippen LogP contribution in [0, 0.1) is 5.92 Å². The van der Waals surface area contributed by atoms with E-state index in [1.165, 1.54) is 11.3 Å². The van der Waals surface area contributed by atoms with Gasteiger partial charge in [0.2, 0.25) is 5.91 Å². The maximum Gasteiger partial charge on any atom is 0.223 e. The normalized spacial score (nSPS) is 21.9. The molecule has 6 nitrogen and oxygen atoms in total. The number of hydrogen-bond acceptors (Lipinski definition) is 5. The highest BCUT2D eigenvalue weighted by atomic mass is 16.5. The summed E-state index contributed by atoms with van der Waals surface area (Å²) in [4.78, 5) is 24.8. The molecule has 1 atom stereocenters. The van der Waals surface area contributed by atoms with E-state index in [1.54, 1.807) is 0 Å². The minimum absolute atomic E-state index is 0.0929. The van der Waals surface area contributed by atoms with Crippen molar-refractivity contribution in [3.05, 3.63) is 41.6 Å². The molecule has 1 aromatic carbocycles. The summed E-state index contributed by atoms with van der Waals surface area (Å²) in [6.07, 6.45) is 5.92. The molecule has 0 radical (unpaired) electrons. The number of piperidine rings is 1. The SMILES string of the molecule is O=C(NC1CCOC1)C1CCN(c2nc(-c3ccccc3)nc3c2CCC3)CC1. The van der Waals surface area contributed by atoms with Crippen molar-refractivity contribution in [3.8, 4) is 11.4 Å². The molecule has 1 amide bonds. The number of carbonyl (C=O) groups excluding carboxylic acids is 1. The molecule has 2 saturated heterocycles. The molecule has 1 N–H and O–H groups in total. The Morgan fingerprint density at radius 1 is 1.07 bits per heavy atom. The topological polar surface area (TPSA) is 67.3 Å². The van der Waals surface area contributed by atoms with E-state index in [0.717, 1.165) is 75.4 Å². The molecule has 2 aliphatic heterocycles. The number of nitrogens with one attached hydrogen (secondary N) is 1. The third-order valence-corrected chi connectivity index (χ3v) is 6.38. The summed E-state index contributed by atoms with van der Waals surface area (Å²) in [6.45, 7) is 3.15. The molecule has 1 unspecified atom stereocenters. The van der Waals surface area contributed by atoms with E-state index >= 15 is 0 Å². The van der Waals surface area contributed by atoms with Gasteiger partial charge in [-0.2, -0.15) is 0 Å². The van der Waals surface area contributed by atoms with Gasteiger partial charge in [0.25, 0.3) is 0 Å². The Bertz CT molecular complexity index is 872. The first-order chi connectivity index (χ1) is 14.3. The van der Waals surface area contributed by atoms with Crippen LogP contribution in [-0.4, -0.2) is 48.2 Å². The van der Waals surface area contributed by atoms with Crippen molar-refractivity contribution in [1.29, 1.82) is 0 Å². The number of aryl methyl sites for hydroxylation is 1. The second-order valence-electron chi connectivity index (χ2n) is 8.35. The summed E-state index contributed by atoms with van der Waals surface area (Å²) in [7, 11) is 0. The third-order valence-electron chi connectivity index (χ3n) is 6.38. The molecule has 5 rings (SSSR count). The Balaban J connectivity index is 1.31. The van der Waals surface area contributed by atoms with Gasteiger partial charge in [0.05, 0.1) is 12.6 Å². The van der Waals surface area contributed by atoms with Gasteiger partial charge in [-0.05, 0) is 38.5 Å². The second-order valence-corrected chi connectivity index (χ2v) is 8.35. The molecule has 29 heavy (non-hydrogen) atoms. The fourth-order valence-corrected chi connectivity index (χ4v) is 4.71. The smallest absolute Gasteiger partial charge is 0.223 e. The van der Waals surface area contributed by atoms with Crippen molar-refractivity contribution in [2.24, 2.45) is 5.92 Å². The molecule has 3 aliphatic rings. The standard InChI is InChI=1S/C23H28N4O2/c28-23(24-18-11-14-29-15-18)17-9-12-27(13-10-17)22-19-7-4-8-20(19)25-21(26-22)16-5-2-1-3-6-16/h1-3,5-6,17-18H,4,7-15H2,(H,24,28).